The first kappa shape index (κ1) is 12.4. The summed E-state index contributed by atoms with van der Waals surface area (Å²) in [7, 11) is 0. The van der Waals surface area contributed by atoms with Crippen molar-refractivity contribution in [2.75, 3.05) is 5.32 Å². The van der Waals surface area contributed by atoms with Gasteiger partial charge in [-0.15, -0.1) is 0 Å². The van der Waals surface area contributed by atoms with Crippen molar-refractivity contribution in [1.29, 1.82) is 0 Å². The second kappa shape index (κ2) is 4.64. The van der Waals surface area contributed by atoms with E-state index >= 15 is 0 Å². The number of para-hydroxylation sites is 1. The largest absolute Gasteiger partial charge is 0.331 e. The van der Waals surface area contributed by atoms with E-state index in [0.717, 1.165) is 11.3 Å². The molecule has 4 heteroatoms. The van der Waals surface area contributed by atoms with Gasteiger partial charge in [-0.25, -0.2) is 9.78 Å². The van der Waals surface area contributed by atoms with Crippen molar-refractivity contribution in [3.8, 4) is 0 Å². The summed E-state index contributed by atoms with van der Waals surface area (Å²) >= 11 is 0. The Morgan fingerprint density at radius 2 is 2.00 bits per heavy atom. The number of carbonyl (C=O) groups is 1. The molecule has 0 atom stereocenters. The molecular formula is C14H17N3O. The normalized spacial score (nSPS) is 11.3. The van der Waals surface area contributed by atoms with Gasteiger partial charge in [0.1, 0.15) is 6.33 Å². The molecule has 1 aromatic heterocycles. The number of hydrogen-bond acceptors (Lipinski definition) is 2. The molecule has 2 aromatic rings. The lowest BCUT2D eigenvalue weighted by Crippen LogP contribution is -2.21. The molecule has 1 aromatic carbocycles. The maximum absolute atomic E-state index is 12.0. The number of carbonyl (C=O) groups excluding carboxylic acids is 1. The highest BCUT2D eigenvalue weighted by molar-refractivity contribution is 5.91. The average molecular weight is 243 g/mol. The molecule has 0 aliphatic rings. The lowest BCUT2D eigenvalue weighted by Gasteiger charge is -2.22. The zero-order chi connectivity index (χ0) is 13.2. The molecule has 0 unspecified atom stereocenters. The number of aromatic nitrogens is 2. The highest BCUT2D eigenvalue weighted by Crippen LogP contribution is 2.29. The first-order valence-corrected chi connectivity index (χ1v) is 5.87. The number of hydrogen-bond donors (Lipinski definition) is 1. The van der Waals surface area contributed by atoms with Crippen molar-refractivity contribution in [1.82, 2.24) is 9.55 Å². The van der Waals surface area contributed by atoms with Crippen LogP contribution in [0.25, 0.3) is 0 Å². The summed E-state index contributed by atoms with van der Waals surface area (Å²) < 4.78 is 1.42. The van der Waals surface area contributed by atoms with Crippen molar-refractivity contribution >= 4 is 11.7 Å². The molecule has 0 saturated heterocycles. The summed E-state index contributed by atoms with van der Waals surface area (Å²) in [6.07, 6.45) is 4.68. The van der Waals surface area contributed by atoms with E-state index in [1.54, 1.807) is 12.4 Å². The number of imidazole rings is 1. The minimum Gasteiger partial charge on any atom is -0.307 e. The van der Waals surface area contributed by atoms with Crippen LogP contribution in [0.15, 0.2) is 43.0 Å². The maximum Gasteiger partial charge on any atom is 0.331 e. The average Bonchev–Trinajstić information content (AvgIpc) is 2.81. The molecule has 1 heterocycles. The molecule has 0 radical (unpaired) electrons. The topological polar surface area (TPSA) is 46.9 Å². The number of nitrogens with one attached hydrogen (secondary N) is 1. The van der Waals surface area contributed by atoms with E-state index in [4.69, 9.17) is 0 Å². The Balaban J connectivity index is 2.27. The van der Waals surface area contributed by atoms with E-state index in [2.05, 4.69) is 31.1 Å². The molecule has 94 valence electrons. The van der Waals surface area contributed by atoms with Crippen molar-refractivity contribution in [3.05, 3.63) is 48.5 Å². The van der Waals surface area contributed by atoms with E-state index in [9.17, 15) is 4.79 Å². The van der Waals surface area contributed by atoms with Gasteiger partial charge in [0, 0.05) is 18.1 Å². The minimum atomic E-state index is -0.204. The van der Waals surface area contributed by atoms with Crippen molar-refractivity contribution in [2.24, 2.45) is 0 Å². The molecule has 0 aliphatic heterocycles. The standard InChI is InChI=1S/C14H17N3O/c1-14(2,3)11-6-4-5-7-12(11)16-13(18)17-9-8-15-10-17/h4-10H,1-3H3,(H,16,18). The molecule has 4 nitrogen and oxygen atoms in total. The van der Waals surface area contributed by atoms with Crippen LogP contribution in [-0.4, -0.2) is 15.6 Å². The summed E-state index contributed by atoms with van der Waals surface area (Å²) in [5, 5.41) is 2.90. The first-order valence-electron chi connectivity index (χ1n) is 5.87. The molecule has 0 bridgehead atoms. The Labute approximate surface area is 107 Å². The molecule has 1 N–H and O–H groups in total. The molecule has 0 saturated carbocycles. The smallest absolute Gasteiger partial charge is 0.307 e. The Hall–Kier alpha value is -2.10. The summed E-state index contributed by atoms with van der Waals surface area (Å²) in [6, 6.07) is 7.63. The van der Waals surface area contributed by atoms with Crippen LogP contribution in [-0.2, 0) is 5.41 Å². The molecule has 0 spiro atoms. The van der Waals surface area contributed by atoms with Crippen LogP contribution >= 0.6 is 0 Å². The number of nitrogens with zero attached hydrogens (tertiary/aromatic N) is 2. The first-order chi connectivity index (χ1) is 8.48. The summed E-state index contributed by atoms with van der Waals surface area (Å²) in [6.45, 7) is 6.36. The van der Waals surface area contributed by atoms with Crippen molar-refractivity contribution in [2.45, 2.75) is 26.2 Å². The van der Waals surface area contributed by atoms with Crippen molar-refractivity contribution < 1.29 is 4.79 Å². The third-order valence-electron chi connectivity index (χ3n) is 2.72. The van der Waals surface area contributed by atoms with Gasteiger partial charge in [0.15, 0.2) is 0 Å². The van der Waals surface area contributed by atoms with Crippen LogP contribution in [0.1, 0.15) is 26.3 Å². The van der Waals surface area contributed by atoms with Crippen LogP contribution in [0, 0.1) is 0 Å². The Bertz CT molecular complexity index is 538. The van der Waals surface area contributed by atoms with Gasteiger partial charge in [0.25, 0.3) is 0 Å². The second-order valence-corrected chi connectivity index (χ2v) is 5.20. The lowest BCUT2D eigenvalue weighted by molar-refractivity contribution is 0.253. The fourth-order valence-electron chi connectivity index (χ4n) is 1.81. The third kappa shape index (κ3) is 2.59. The Kier molecular flexibility index (Phi) is 3.19. The van der Waals surface area contributed by atoms with Gasteiger partial charge >= 0.3 is 6.03 Å². The monoisotopic (exact) mass is 243 g/mol. The minimum absolute atomic E-state index is 0.0151. The zero-order valence-corrected chi connectivity index (χ0v) is 10.8. The van der Waals surface area contributed by atoms with E-state index in [-0.39, 0.29) is 11.4 Å². The van der Waals surface area contributed by atoms with Crippen LogP contribution < -0.4 is 5.32 Å². The molecule has 2 rings (SSSR count). The van der Waals surface area contributed by atoms with Crippen molar-refractivity contribution in [3.63, 3.8) is 0 Å². The van der Waals surface area contributed by atoms with Gasteiger partial charge in [-0.1, -0.05) is 39.0 Å². The second-order valence-electron chi connectivity index (χ2n) is 5.20. The number of benzene rings is 1. The molecular weight excluding hydrogens is 226 g/mol. The van der Waals surface area contributed by atoms with Gasteiger partial charge in [0.05, 0.1) is 0 Å². The van der Waals surface area contributed by atoms with E-state index in [1.807, 2.05) is 24.3 Å². The predicted octanol–water partition coefficient (Wildman–Crippen LogP) is 3.26. The summed E-state index contributed by atoms with van der Waals surface area (Å²) in [5.41, 5.74) is 1.93. The summed E-state index contributed by atoms with van der Waals surface area (Å²) in [5.74, 6) is 0. The Morgan fingerprint density at radius 3 is 2.61 bits per heavy atom. The van der Waals surface area contributed by atoms with Crippen LogP contribution in [0.3, 0.4) is 0 Å². The van der Waals surface area contributed by atoms with Gasteiger partial charge in [-0.3, -0.25) is 4.57 Å². The van der Waals surface area contributed by atoms with E-state index in [1.165, 1.54) is 10.9 Å². The van der Waals surface area contributed by atoms with E-state index in [0.29, 0.717) is 0 Å². The fourth-order valence-corrected chi connectivity index (χ4v) is 1.81. The van der Waals surface area contributed by atoms with Gasteiger partial charge in [-0.05, 0) is 17.0 Å². The zero-order valence-electron chi connectivity index (χ0n) is 10.8. The van der Waals surface area contributed by atoms with E-state index < -0.39 is 0 Å². The third-order valence-corrected chi connectivity index (χ3v) is 2.72. The highest BCUT2D eigenvalue weighted by atomic mass is 16.2. The lowest BCUT2D eigenvalue weighted by atomic mass is 9.86. The van der Waals surface area contributed by atoms with Crippen LogP contribution in [0.2, 0.25) is 0 Å². The highest BCUT2D eigenvalue weighted by Gasteiger charge is 2.18. The Morgan fingerprint density at radius 1 is 1.28 bits per heavy atom. The van der Waals surface area contributed by atoms with Gasteiger partial charge in [-0.2, -0.15) is 0 Å². The molecule has 0 fully saturated rings. The quantitative estimate of drug-likeness (QED) is 0.835. The predicted molar refractivity (Wildman–Crippen MR) is 71.8 cm³/mol. The molecule has 0 aliphatic carbocycles. The number of anilines is 1. The van der Waals surface area contributed by atoms with Crippen LogP contribution in [0.5, 0.6) is 0 Å². The fraction of sp³-hybridized carbons (Fsp3) is 0.286. The van der Waals surface area contributed by atoms with Gasteiger partial charge in [0.2, 0.25) is 0 Å². The summed E-state index contributed by atoms with van der Waals surface area (Å²) in [4.78, 5) is 15.8. The van der Waals surface area contributed by atoms with Crippen LogP contribution in [0.4, 0.5) is 10.5 Å². The maximum atomic E-state index is 12.0. The molecule has 18 heavy (non-hydrogen) atoms. The molecule has 1 amide bonds. The number of rotatable bonds is 1. The SMILES string of the molecule is CC(C)(C)c1ccccc1NC(=O)n1ccnc1. The van der Waals surface area contributed by atoms with Gasteiger partial charge < -0.3 is 5.32 Å². The number of amides is 1.